The third-order valence-electron chi connectivity index (χ3n) is 1.54. The van der Waals surface area contributed by atoms with Crippen LogP contribution in [0.25, 0.3) is 0 Å². The van der Waals surface area contributed by atoms with E-state index in [0.29, 0.717) is 4.90 Å². The van der Waals surface area contributed by atoms with Crippen molar-refractivity contribution in [2.75, 3.05) is 12.9 Å². The first-order valence-electron chi connectivity index (χ1n) is 3.84. The van der Waals surface area contributed by atoms with Gasteiger partial charge in [0.25, 0.3) is 0 Å². The Balaban J connectivity index is 2.69. The quantitative estimate of drug-likeness (QED) is 0.624. The van der Waals surface area contributed by atoms with E-state index in [1.165, 1.54) is 7.11 Å². The highest BCUT2D eigenvalue weighted by Crippen LogP contribution is 2.17. The molecule has 0 aromatic heterocycles. The summed E-state index contributed by atoms with van der Waals surface area (Å²) in [6.07, 6.45) is 0. The summed E-state index contributed by atoms with van der Waals surface area (Å²) in [5.74, 6) is -0.573. The van der Waals surface area contributed by atoms with Gasteiger partial charge in [-0.05, 0) is 23.3 Å². The van der Waals surface area contributed by atoms with Crippen LogP contribution >= 0.6 is 15.9 Å². The van der Waals surface area contributed by atoms with Gasteiger partial charge in [-0.1, -0.05) is 22.0 Å². The predicted octanol–water partition coefficient (Wildman–Crippen LogP) is 1.73. The second kappa shape index (κ2) is 5.38. The van der Waals surface area contributed by atoms with E-state index in [4.69, 9.17) is 0 Å². The van der Waals surface area contributed by atoms with Crippen LogP contribution in [0.3, 0.4) is 0 Å². The Bertz CT molecular complexity index is 330. The van der Waals surface area contributed by atoms with Crippen molar-refractivity contribution in [3.8, 4) is 0 Å². The standard InChI is InChI=1S/C9H9BrO3S/c1-13-9(11)6-14(12)8-4-2-3-7(10)5-8/h2-5H,6H2,1H3. The number of carbonyl (C=O) groups excluding carboxylic acids is 1. The Kier molecular flexibility index (Phi) is 4.44. The van der Waals surface area contributed by atoms with E-state index < -0.39 is 17.1 Å². The van der Waals surface area contributed by atoms with Crippen molar-refractivity contribution in [3.63, 3.8) is 0 Å². The van der Waals surface area contributed by atoms with E-state index in [2.05, 4.69) is 20.7 Å². The molecule has 14 heavy (non-hydrogen) atoms. The van der Waals surface area contributed by atoms with Gasteiger partial charge >= 0.3 is 5.97 Å². The van der Waals surface area contributed by atoms with Gasteiger partial charge in [0.2, 0.25) is 5.75 Å². The van der Waals surface area contributed by atoms with Crippen molar-refractivity contribution in [3.05, 3.63) is 28.7 Å². The van der Waals surface area contributed by atoms with Crippen LogP contribution in [-0.4, -0.2) is 23.4 Å². The molecule has 76 valence electrons. The van der Waals surface area contributed by atoms with Crippen molar-refractivity contribution in [1.82, 2.24) is 0 Å². The Morgan fingerprint density at radius 2 is 2.36 bits per heavy atom. The summed E-state index contributed by atoms with van der Waals surface area (Å²) in [4.78, 5) is 11.5. The molecule has 0 aliphatic heterocycles. The Morgan fingerprint density at radius 1 is 1.64 bits per heavy atom. The third kappa shape index (κ3) is 3.32. The second-order valence-corrected chi connectivity index (χ2v) is 4.89. The fraction of sp³-hybridized carbons (Fsp3) is 0.222. The summed E-state index contributed by atoms with van der Waals surface area (Å²) < 4.78 is 16.8. The highest BCUT2D eigenvalue weighted by molar-refractivity contribution is 9.10. The molecule has 0 amide bonds. The Morgan fingerprint density at radius 3 is 2.93 bits per heavy atom. The first kappa shape index (κ1) is 11.6. The molecule has 0 radical (unpaired) electrons. The van der Waals surface area contributed by atoms with Crippen LogP contribution in [0.15, 0.2) is 33.6 Å². The van der Waals surface area contributed by atoms with Gasteiger partial charge in [0.1, 0.15) is 0 Å². The van der Waals surface area contributed by atoms with Crippen LogP contribution in [0.5, 0.6) is 0 Å². The number of hydrogen-bond acceptors (Lipinski definition) is 3. The second-order valence-electron chi connectivity index (χ2n) is 2.52. The zero-order valence-corrected chi connectivity index (χ0v) is 9.93. The van der Waals surface area contributed by atoms with E-state index in [1.807, 2.05) is 6.07 Å². The molecule has 0 spiro atoms. The minimum atomic E-state index is -1.33. The zero-order chi connectivity index (χ0) is 10.6. The summed E-state index contributed by atoms with van der Waals surface area (Å²) in [5, 5.41) is 0. The number of esters is 1. The molecule has 0 aliphatic rings. The van der Waals surface area contributed by atoms with Gasteiger partial charge in [0, 0.05) is 10.5 Å². The van der Waals surface area contributed by atoms with Crippen LogP contribution in [0.2, 0.25) is 0 Å². The summed E-state index contributed by atoms with van der Waals surface area (Å²) in [7, 11) is 1.28. The molecule has 3 nitrogen and oxygen atoms in total. The van der Waals surface area contributed by atoms with E-state index in [0.717, 1.165) is 4.47 Å². The minimum Gasteiger partial charge on any atom is -0.611 e. The third-order valence-corrected chi connectivity index (χ3v) is 3.31. The number of ether oxygens (including phenoxy) is 1. The lowest BCUT2D eigenvalue weighted by molar-refractivity contribution is -0.137. The average Bonchev–Trinajstić information content (AvgIpc) is 2.17. The SMILES string of the molecule is COC(=O)C[S+]([O-])c1cccc(Br)c1. The molecule has 0 saturated carbocycles. The summed E-state index contributed by atoms with van der Waals surface area (Å²) in [6, 6.07) is 7.04. The molecule has 5 heteroatoms. The van der Waals surface area contributed by atoms with Gasteiger partial charge in [-0.25, -0.2) is 4.79 Å². The molecular weight excluding hydrogens is 268 g/mol. The smallest absolute Gasteiger partial charge is 0.356 e. The van der Waals surface area contributed by atoms with Gasteiger partial charge < -0.3 is 9.29 Å². The molecule has 1 rings (SSSR count). The lowest BCUT2D eigenvalue weighted by Gasteiger charge is -2.08. The Hall–Kier alpha value is -0.520. The van der Waals surface area contributed by atoms with Crippen molar-refractivity contribution < 1.29 is 14.1 Å². The lowest BCUT2D eigenvalue weighted by Crippen LogP contribution is -2.17. The van der Waals surface area contributed by atoms with Crippen molar-refractivity contribution in [2.45, 2.75) is 4.90 Å². The largest absolute Gasteiger partial charge is 0.611 e. The summed E-state index contributed by atoms with van der Waals surface area (Å²) in [5.41, 5.74) is 0. The topological polar surface area (TPSA) is 49.4 Å². The van der Waals surface area contributed by atoms with Crippen LogP contribution in [0, 0.1) is 0 Å². The Labute approximate surface area is 93.8 Å². The number of halogens is 1. The molecule has 1 aromatic rings. The zero-order valence-electron chi connectivity index (χ0n) is 7.53. The fourth-order valence-electron chi connectivity index (χ4n) is 0.858. The highest BCUT2D eigenvalue weighted by Gasteiger charge is 2.16. The maximum Gasteiger partial charge on any atom is 0.356 e. The predicted molar refractivity (Wildman–Crippen MR) is 57.4 cm³/mol. The molecule has 0 aliphatic carbocycles. The van der Waals surface area contributed by atoms with Crippen molar-refractivity contribution in [1.29, 1.82) is 0 Å². The van der Waals surface area contributed by atoms with E-state index in [-0.39, 0.29) is 5.75 Å². The lowest BCUT2D eigenvalue weighted by atomic mass is 10.4. The number of rotatable bonds is 3. The minimum absolute atomic E-state index is 0.104. The molecule has 0 N–H and O–H groups in total. The van der Waals surface area contributed by atoms with E-state index in [1.54, 1.807) is 18.2 Å². The average molecular weight is 277 g/mol. The summed E-state index contributed by atoms with van der Waals surface area (Å²) >= 11 is 1.93. The van der Waals surface area contributed by atoms with Gasteiger partial charge in [0.15, 0.2) is 4.90 Å². The summed E-state index contributed by atoms with van der Waals surface area (Å²) in [6.45, 7) is 0. The van der Waals surface area contributed by atoms with Gasteiger partial charge in [0.05, 0.1) is 7.11 Å². The maximum absolute atomic E-state index is 11.6. The van der Waals surface area contributed by atoms with Crippen LogP contribution in [-0.2, 0) is 20.7 Å². The molecule has 0 heterocycles. The molecule has 0 bridgehead atoms. The van der Waals surface area contributed by atoms with E-state index in [9.17, 15) is 9.35 Å². The maximum atomic E-state index is 11.6. The monoisotopic (exact) mass is 276 g/mol. The van der Waals surface area contributed by atoms with Gasteiger partial charge in [-0.2, -0.15) is 0 Å². The number of carbonyl (C=O) groups is 1. The van der Waals surface area contributed by atoms with Crippen LogP contribution in [0.4, 0.5) is 0 Å². The van der Waals surface area contributed by atoms with Gasteiger partial charge in [-0.15, -0.1) is 0 Å². The van der Waals surface area contributed by atoms with E-state index >= 15 is 0 Å². The van der Waals surface area contributed by atoms with Crippen LogP contribution < -0.4 is 0 Å². The molecule has 1 aromatic carbocycles. The molecule has 1 unspecified atom stereocenters. The fourth-order valence-corrected chi connectivity index (χ4v) is 2.40. The number of hydrogen-bond donors (Lipinski definition) is 0. The normalized spacial score (nSPS) is 12.2. The molecule has 1 atom stereocenters. The van der Waals surface area contributed by atoms with Gasteiger partial charge in [-0.3, -0.25) is 0 Å². The van der Waals surface area contributed by atoms with Crippen LogP contribution in [0.1, 0.15) is 0 Å². The first-order chi connectivity index (χ1) is 6.63. The highest BCUT2D eigenvalue weighted by atomic mass is 79.9. The van der Waals surface area contributed by atoms with Crippen molar-refractivity contribution in [2.24, 2.45) is 0 Å². The number of benzene rings is 1. The number of methoxy groups -OCH3 is 1. The molecular formula is C9H9BrO3S. The van der Waals surface area contributed by atoms with Crippen molar-refractivity contribution >= 4 is 33.1 Å². The molecule has 0 saturated heterocycles. The first-order valence-corrected chi connectivity index (χ1v) is 5.95. The molecule has 0 fully saturated rings.